The highest BCUT2D eigenvalue weighted by Gasteiger charge is 2.31. The highest BCUT2D eigenvalue weighted by Crippen LogP contribution is 2.29. The van der Waals surface area contributed by atoms with E-state index in [1.54, 1.807) is 24.1 Å². The van der Waals surface area contributed by atoms with Crippen molar-refractivity contribution in [2.75, 3.05) is 13.7 Å². The first kappa shape index (κ1) is 23.8. The van der Waals surface area contributed by atoms with Gasteiger partial charge in [-0.3, -0.25) is 4.79 Å². The molecule has 0 saturated carbocycles. The number of carbonyl (C=O) groups excluding carboxylic acids is 1. The fourth-order valence-corrected chi connectivity index (χ4v) is 4.26. The Labute approximate surface area is 196 Å². The quantitative estimate of drug-likeness (QED) is 0.464. The number of methoxy groups -OCH3 is 1. The minimum Gasteiger partial charge on any atom is -0.494 e. The summed E-state index contributed by atoms with van der Waals surface area (Å²) in [6.07, 6.45) is 1.29. The van der Waals surface area contributed by atoms with Crippen molar-refractivity contribution >= 4 is 5.91 Å². The first-order valence-electron chi connectivity index (χ1n) is 11.2. The normalized spacial score (nSPS) is 16.3. The average molecular weight is 473 g/mol. The lowest BCUT2D eigenvalue weighted by atomic mass is 10.1. The van der Waals surface area contributed by atoms with E-state index in [1.807, 2.05) is 35.4 Å². The van der Waals surface area contributed by atoms with Crippen LogP contribution in [0.2, 0.25) is 0 Å². The molecule has 180 valence electrons. The van der Waals surface area contributed by atoms with Crippen molar-refractivity contribution in [3.63, 3.8) is 0 Å². The molecule has 34 heavy (non-hydrogen) atoms. The summed E-state index contributed by atoms with van der Waals surface area (Å²) < 4.78 is 45.8. The van der Waals surface area contributed by atoms with Gasteiger partial charge >= 0.3 is 6.18 Å². The number of carbonyl (C=O) groups is 1. The van der Waals surface area contributed by atoms with Gasteiger partial charge in [0.25, 0.3) is 0 Å². The Kier molecular flexibility index (Phi) is 7.21. The third kappa shape index (κ3) is 5.59. The minimum absolute atomic E-state index is 0.0797. The Morgan fingerprint density at radius 2 is 1.97 bits per heavy atom. The SMILES string of the molecule is COc1ccccc1-n1cc(CN2C(=O)CC[C@@H]2CCNCc2cccc(C(F)(F)F)c2)cn1. The van der Waals surface area contributed by atoms with Gasteiger partial charge in [-0.05, 0) is 43.1 Å². The molecule has 1 fully saturated rings. The van der Waals surface area contributed by atoms with E-state index in [2.05, 4.69) is 10.4 Å². The zero-order valence-electron chi connectivity index (χ0n) is 18.9. The monoisotopic (exact) mass is 472 g/mol. The molecule has 1 saturated heterocycles. The zero-order chi connectivity index (χ0) is 24.1. The van der Waals surface area contributed by atoms with Crippen molar-refractivity contribution < 1.29 is 22.7 Å². The Balaban J connectivity index is 1.32. The van der Waals surface area contributed by atoms with Crippen molar-refractivity contribution in [1.29, 1.82) is 0 Å². The molecule has 0 aliphatic carbocycles. The van der Waals surface area contributed by atoms with Crippen molar-refractivity contribution in [2.24, 2.45) is 0 Å². The number of ether oxygens (including phenoxy) is 1. The Bertz CT molecular complexity index is 1130. The summed E-state index contributed by atoms with van der Waals surface area (Å²) in [7, 11) is 1.61. The summed E-state index contributed by atoms with van der Waals surface area (Å²) in [5.41, 5.74) is 1.67. The first-order chi connectivity index (χ1) is 16.3. The van der Waals surface area contributed by atoms with Gasteiger partial charge in [0.1, 0.15) is 11.4 Å². The second kappa shape index (κ2) is 10.3. The van der Waals surface area contributed by atoms with Gasteiger partial charge in [-0.2, -0.15) is 18.3 Å². The average Bonchev–Trinajstić information content (AvgIpc) is 3.43. The molecule has 1 N–H and O–H groups in total. The van der Waals surface area contributed by atoms with E-state index in [9.17, 15) is 18.0 Å². The number of rotatable bonds is 9. The van der Waals surface area contributed by atoms with Gasteiger partial charge in [0.05, 0.1) is 18.9 Å². The van der Waals surface area contributed by atoms with E-state index in [0.717, 1.165) is 36.2 Å². The van der Waals surface area contributed by atoms with Crippen LogP contribution in [0.3, 0.4) is 0 Å². The summed E-state index contributed by atoms with van der Waals surface area (Å²) in [6, 6.07) is 13.0. The summed E-state index contributed by atoms with van der Waals surface area (Å²) in [5.74, 6) is 0.812. The van der Waals surface area contributed by atoms with Gasteiger partial charge in [0, 0.05) is 37.3 Å². The maximum atomic E-state index is 12.9. The third-order valence-corrected chi connectivity index (χ3v) is 6.01. The molecular weight excluding hydrogens is 445 g/mol. The molecule has 6 nitrogen and oxygen atoms in total. The van der Waals surface area contributed by atoms with Crippen molar-refractivity contribution in [1.82, 2.24) is 20.0 Å². The van der Waals surface area contributed by atoms with Gasteiger partial charge in [-0.15, -0.1) is 0 Å². The smallest absolute Gasteiger partial charge is 0.416 e. The van der Waals surface area contributed by atoms with E-state index >= 15 is 0 Å². The molecule has 0 unspecified atom stereocenters. The molecular formula is C25H27F3N4O2. The molecule has 1 aliphatic rings. The standard InChI is InChI=1S/C25H27F3N4O2/c1-34-23-8-3-2-7-22(23)32-17-19(15-30-32)16-31-21(9-10-24(31)33)11-12-29-14-18-5-4-6-20(13-18)25(26,27)28/h2-8,13,15,17,21,29H,9-12,14,16H2,1H3/t21-/m1/s1. The lowest BCUT2D eigenvalue weighted by molar-refractivity contribution is -0.137. The largest absolute Gasteiger partial charge is 0.494 e. The number of para-hydroxylation sites is 2. The molecule has 2 heterocycles. The van der Waals surface area contributed by atoms with E-state index < -0.39 is 11.7 Å². The van der Waals surface area contributed by atoms with Gasteiger partial charge in [0.2, 0.25) is 5.91 Å². The summed E-state index contributed by atoms with van der Waals surface area (Å²) in [5, 5.41) is 7.64. The molecule has 0 spiro atoms. The van der Waals surface area contributed by atoms with Crippen LogP contribution in [0, 0.1) is 0 Å². The molecule has 1 aliphatic heterocycles. The van der Waals surface area contributed by atoms with Crippen molar-refractivity contribution in [3.8, 4) is 11.4 Å². The fraction of sp³-hybridized carbons (Fsp3) is 0.360. The Morgan fingerprint density at radius 3 is 2.76 bits per heavy atom. The highest BCUT2D eigenvalue weighted by atomic mass is 19.4. The number of hydrogen-bond donors (Lipinski definition) is 1. The van der Waals surface area contributed by atoms with Crippen molar-refractivity contribution in [3.05, 3.63) is 77.6 Å². The predicted molar refractivity (Wildman–Crippen MR) is 121 cm³/mol. The second-order valence-corrected chi connectivity index (χ2v) is 8.34. The van der Waals surface area contributed by atoms with Gasteiger partial charge in [-0.1, -0.05) is 30.3 Å². The maximum Gasteiger partial charge on any atom is 0.416 e. The lowest BCUT2D eigenvalue weighted by Gasteiger charge is -2.24. The lowest BCUT2D eigenvalue weighted by Crippen LogP contribution is -2.34. The van der Waals surface area contributed by atoms with Gasteiger partial charge in [-0.25, -0.2) is 4.68 Å². The van der Waals surface area contributed by atoms with E-state index in [0.29, 0.717) is 37.4 Å². The van der Waals surface area contributed by atoms with Crippen LogP contribution in [0.5, 0.6) is 5.75 Å². The summed E-state index contributed by atoms with van der Waals surface area (Å²) in [6.45, 7) is 1.41. The molecule has 2 aromatic carbocycles. The fourth-order valence-electron chi connectivity index (χ4n) is 4.26. The topological polar surface area (TPSA) is 59.4 Å². The van der Waals surface area contributed by atoms with Crippen LogP contribution < -0.4 is 10.1 Å². The van der Waals surface area contributed by atoms with Crippen LogP contribution in [0.1, 0.15) is 36.0 Å². The number of amides is 1. The number of benzene rings is 2. The van der Waals surface area contributed by atoms with E-state index in [1.165, 1.54) is 6.07 Å². The van der Waals surface area contributed by atoms with Crippen LogP contribution in [0.15, 0.2) is 60.9 Å². The zero-order valence-corrected chi connectivity index (χ0v) is 18.9. The number of likely N-dealkylation sites (tertiary alicyclic amines) is 1. The molecule has 1 atom stereocenters. The number of nitrogens with zero attached hydrogens (tertiary/aromatic N) is 3. The van der Waals surface area contributed by atoms with Crippen LogP contribution in [0.4, 0.5) is 13.2 Å². The molecule has 0 radical (unpaired) electrons. The van der Waals surface area contributed by atoms with E-state index in [4.69, 9.17) is 4.74 Å². The Hall–Kier alpha value is -3.33. The number of nitrogens with one attached hydrogen (secondary N) is 1. The second-order valence-electron chi connectivity index (χ2n) is 8.34. The van der Waals surface area contributed by atoms with Crippen LogP contribution >= 0.6 is 0 Å². The molecule has 1 aromatic heterocycles. The van der Waals surface area contributed by atoms with Crippen LogP contribution in [-0.4, -0.2) is 40.3 Å². The molecule has 9 heteroatoms. The Morgan fingerprint density at radius 1 is 1.15 bits per heavy atom. The summed E-state index contributed by atoms with van der Waals surface area (Å²) >= 11 is 0. The molecule has 3 aromatic rings. The highest BCUT2D eigenvalue weighted by molar-refractivity contribution is 5.78. The summed E-state index contributed by atoms with van der Waals surface area (Å²) in [4.78, 5) is 14.4. The number of hydrogen-bond acceptors (Lipinski definition) is 4. The molecule has 0 bridgehead atoms. The maximum absolute atomic E-state index is 12.9. The number of aromatic nitrogens is 2. The van der Waals surface area contributed by atoms with Crippen LogP contribution in [-0.2, 0) is 24.1 Å². The molecule has 4 rings (SSSR count). The van der Waals surface area contributed by atoms with E-state index in [-0.39, 0.29) is 11.9 Å². The minimum atomic E-state index is -4.35. The third-order valence-electron chi connectivity index (χ3n) is 6.01. The number of halogens is 3. The van der Waals surface area contributed by atoms with Crippen molar-refractivity contribution in [2.45, 2.75) is 44.6 Å². The van der Waals surface area contributed by atoms with Gasteiger partial charge in [0.15, 0.2) is 0 Å². The first-order valence-corrected chi connectivity index (χ1v) is 11.2. The molecule has 1 amide bonds. The number of alkyl halides is 3. The van der Waals surface area contributed by atoms with Crippen LogP contribution in [0.25, 0.3) is 5.69 Å². The predicted octanol–water partition coefficient (Wildman–Crippen LogP) is 4.57. The van der Waals surface area contributed by atoms with Gasteiger partial charge < -0.3 is 15.0 Å².